The largest absolute Gasteiger partial charge is 0.342 e. The van der Waals surface area contributed by atoms with E-state index in [0.717, 1.165) is 46.1 Å². The first-order valence-electron chi connectivity index (χ1n) is 11.0. The van der Waals surface area contributed by atoms with Gasteiger partial charge in [-0.15, -0.1) is 10.2 Å². The summed E-state index contributed by atoms with van der Waals surface area (Å²) in [6, 6.07) is 18.4. The minimum absolute atomic E-state index is 0.238. The second-order valence-electron chi connectivity index (χ2n) is 8.49. The van der Waals surface area contributed by atoms with Gasteiger partial charge in [0.25, 0.3) is 0 Å². The van der Waals surface area contributed by atoms with Crippen molar-refractivity contribution in [1.29, 1.82) is 0 Å². The summed E-state index contributed by atoms with van der Waals surface area (Å²) in [4.78, 5) is 15.0. The van der Waals surface area contributed by atoms with Gasteiger partial charge in [0, 0.05) is 29.4 Å². The first-order valence-corrected chi connectivity index (χ1v) is 12.0. The fourth-order valence-electron chi connectivity index (χ4n) is 5.04. The quantitative estimate of drug-likeness (QED) is 0.531. The van der Waals surface area contributed by atoms with Crippen molar-refractivity contribution in [1.82, 2.24) is 15.1 Å². The molecule has 1 aliphatic carbocycles. The zero-order valence-corrected chi connectivity index (χ0v) is 18.0. The van der Waals surface area contributed by atoms with Crippen LogP contribution in [-0.4, -0.2) is 39.8 Å². The van der Waals surface area contributed by atoms with E-state index in [1.54, 1.807) is 0 Å². The number of likely N-dealkylation sites (tertiary alicyclic amines) is 1. The first kappa shape index (κ1) is 19.6. The Bertz CT molecular complexity index is 1040. The van der Waals surface area contributed by atoms with E-state index in [2.05, 4.69) is 39.4 Å². The smallest absolute Gasteiger partial charge is 0.233 e. The third kappa shape index (κ3) is 3.95. The maximum atomic E-state index is 12.9. The summed E-state index contributed by atoms with van der Waals surface area (Å²) in [5.74, 6) is 2.23. The van der Waals surface area contributed by atoms with Gasteiger partial charge in [-0.25, -0.2) is 0 Å². The molecule has 1 saturated carbocycles. The Labute approximate surface area is 182 Å². The number of hydrogen-bond acceptors (Lipinski definition) is 4. The minimum Gasteiger partial charge on any atom is -0.342 e. The number of aromatic nitrogens is 2. The van der Waals surface area contributed by atoms with Gasteiger partial charge in [-0.3, -0.25) is 4.79 Å². The monoisotopic (exact) mass is 417 g/mol. The van der Waals surface area contributed by atoms with E-state index in [9.17, 15) is 4.79 Å². The van der Waals surface area contributed by atoms with Crippen LogP contribution in [0.15, 0.2) is 59.6 Å². The van der Waals surface area contributed by atoms with Crippen molar-refractivity contribution in [2.45, 2.75) is 37.1 Å². The normalized spacial score (nSPS) is 21.4. The van der Waals surface area contributed by atoms with E-state index in [0.29, 0.717) is 11.7 Å². The highest BCUT2D eigenvalue weighted by Crippen LogP contribution is 2.37. The second-order valence-corrected chi connectivity index (χ2v) is 9.45. The molecule has 4 nitrogen and oxygen atoms in total. The molecule has 1 saturated heterocycles. The van der Waals surface area contributed by atoms with E-state index >= 15 is 0 Å². The van der Waals surface area contributed by atoms with Crippen LogP contribution in [-0.2, 0) is 4.79 Å². The molecular weight excluding hydrogens is 390 g/mol. The molecule has 2 aliphatic rings. The van der Waals surface area contributed by atoms with Crippen molar-refractivity contribution in [2.24, 2.45) is 11.8 Å². The van der Waals surface area contributed by atoms with Crippen LogP contribution < -0.4 is 0 Å². The fourth-order valence-corrected chi connectivity index (χ4v) is 5.92. The van der Waals surface area contributed by atoms with E-state index in [-0.39, 0.29) is 5.91 Å². The Kier molecular flexibility index (Phi) is 5.71. The van der Waals surface area contributed by atoms with Crippen molar-refractivity contribution in [3.8, 4) is 11.3 Å². The van der Waals surface area contributed by atoms with Gasteiger partial charge in [0.2, 0.25) is 5.91 Å². The van der Waals surface area contributed by atoms with Crippen LogP contribution in [0.4, 0.5) is 0 Å². The number of carbonyl (C=O) groups is 1. The molecular formula is C25H27N3OS. The van der Waals surface area contributed by atoms with Gasteiger partial charge in [-0.1, -0.05) is 85.6 Å². The lowest BCUT2D eigenvalue weighted by atomic mass is 9.75. The highest BCUT2D eigenvalue weighted by atomic mass is 32.2. The lowest BCUT2D eigenvalue weighted by Gasteiger charge is -2.41. The molecule has 1 aliphatic heterocycles. The number of benzene rings is 2. The maximum absolute atomic E-state index is 12.9. The van der Waals surface area contributed by atoms with Gasteiger partial charge >= 0.3 is 0 Å². The number of nitrogens with zero attached hydrogens (tertiary/aromatic N) is 3. The summed E-state index contributed by atoms with van der Waals surface area (Å²) in [7, 11) is 0. The van der Waals surface area contributed by atoms with Gasteiger partial charge in [-0.05, 0) is 24.7 Å². The van der Waals surface area contributed by atoms with E-state index in [1.807, 2.05) is 30.3 Å². The predicted molar refractivity (Wildman–Crippen MR) is 122 cm³/mol. The molecule has 2 heterocycles. The fraction of sp³-hybridized carbons (Fsp3) is 0.400. The molecule has 5 heteroatoms. The SMILES string of the molecule is O=C(CSc1nnc(-c2ccccc2)c2ccccc12)N1CC[C@H]2CCCC[C@@H]2C1. The summed E-state index contributed by atoms with van der Waals surface area (Å²) < 4.78 is 0. The Morgan fingerprint density at radius 3 is 2.47 bits per heavy atom. The molecule has 2 atom stereocenters. The van der Waals surface area contributed by atoms with Crippen LogP contribution in [0, 0.1) is 11.8 Å². The number of hydrogen-bond donors (Lipinski definition) is 0. The first-order chi connectivity index (χ1) is 14.8. The highest BCUT2D eigenvalue weighted by molar-refractivity contribution is 8.00. The Hall–Kier alpha value is -2.40. The number of carbonyl (C=O) groups excluding carboxylic acids is 1. The molecule has 1 amide bonds. The van der Waals surface area contributed by atoms with Crippen LogP contribution in [0.5, 0.6) is 0 Å². The molecule has 1 aromatic heterocycles. The molecule has 0 N–H and O–H groups in total. The molecule has 3 aromatic rings. The van der Waals surface area contributed by atoms with Gasteiger partial charge in [0.05, 0.1) is 5.75 Å². The van der Waals surface area contributed by atoms with Gasteiger partial charge < -0.3 is 4.90 Å². The van der Waals surface area contributed by atoms with Crippen molar-refractivity contribution < 1.29 is 4.79 Å². The van der Waals surface area contributed by atoms with Crippen LogP contribution in [0.25, 0.3) is 22.0 Å². The Morgan fingerprint density at radius 1 is 0.900 bits per heavy atom. The topological polar surface area (TPSA) is 46.1 Å². The Balaban J connectivity index is 1.32. The molecule has 2 aromatic carbocycles. The Morgan fingerprint density at radius 2 is 1.63 bits per heavy atom. The number of rotatable bonds is 4. The van der Waals surface area contributed by atoms with E-state index in [4.69, 9.17) is 0 Å². The lowest BCUT2D eigenvalue weighted by molar-refractivity contribution is -0.131. The highest BCUT2D eigenvalue weighted by Gasteiger charge is 2.32. The molecule has 154 valence electrons. The molecule has 0 bridgehead atoms. The maximum Gasteiger partial charge on any atom is 0.233 e. The third-order valence-corrected chi connectivity index (χ3v) is 7.64. The second kappa shape index (κ2) is 8.76. The van der Waals surface area contributed by atoms with Crippen LogP contribution in [0.2, 0.25) is 0 Å². The number of thioether (sulfide) groups is 1. The number of fused-ring (bicyclic) bond motifs is 2. The van der Waals surface area contributed by atoms with Crippen molar-refractivity contribution in [3.05, 3.63) is 54.6 Å². The molecule has 0 spiro atoms. The average molecular weight is 418 g/mol. The predicted octanol–water partition coefficient (Wildman–Crippen LogP) is 5.43. The number of amides is 1. The lowest BCUT2D eigenvalue weighted by Crippen LogP contribution is -2.45. The van der Waals surface area contributed by atoms with Crippen molar-refractivity contribution in [3.63, 3.8) is 0 Å². The molecule has 5 rings (SSSR count). The third-order valence-electron chi connectivity index (χ3n) is 6.68. The summed E-state index contributed by atoms with van der Waals surface area (Å²) in [6.45, 7) is 1.86. The molecule has 0 radical (unpaired) electrons. The minimum atomic E-state index is 0.238. The van der Waals surface area contributed by atoms with Gasteiger partial charge in [0.15, 0.2) is 0 Å². The van der Waals surface area contributed by atoms with Crippen molar-refractivity contribution in [2.75, 3.05) is 18.8 Å². The average Bonchev–Trinajstić information content (AvgIpc) is 2.82. The zero-order valence-electron chi connectivity index (χ0n) is 17.2. The number of piperidine rings is 1. The standard InChI is InChI=1S/C25H27N3OS/c29-23(28-15-14-18-8-4-5-11-20(18)16-28)17-30-25-22-13-7-6-12-21(22)24(26-27-25)19-9-2-1-3-10-19/h1-3,6-7,9-10,12-13,18,20H,4-5,8,11,14-17H2/t18-,20-/m1/s1. The van der Waals surface area contributed by atoms with Crippen LogP contribution >= 0.6 is 11.8 Å². The summed E-state index contributed by atoms with van der Waals surface area (Å²) in [5.41, 5.74) is 1.95. The van der Waals surface area contributed by atoms with E-state index in [1.165, 1.54) is 43.9 Å². The molecule has 0 unspecified atom stereocenters. The molecule has 30 heavy (non-hydrogen) atoms. The summed E-state index contributed by atoms with van der Waals surface area (Å²) in [6.07, 6.45) is 6.52. The summed E-state index contributed by atoms with van der Waals surface area (Å²) >= 11 is 1.52. The zero-order chi connectivity index (χ0) is 20.3. The van der Waals surface area contributed by atoms with Gasteiger partial charge in [0.1, 0.15) is 10.7 Å². The molecule has 2 fully saturated rings. The van der Waals surface area contributed by atoms with Gasteiger partial charge in [-0.2, -0.15) is 0 Å². The van der Waals surface area contributed by atoms with E-state index < -0.39 is 0 Å². The van der Waals surface area contributed by atoms with Crippen LogP contribution in [0.3, 0.4) is 0 Å². The summed E-state index contributed by atoms with van der Waals surface area (Å²) in [5, 5.41) is 12.0. The van der Waals surface area contributed by atoms with Crippen LogP contribution in [0.1, 0.15) is 32.1 Å². The van der Waals surface area contributed by atoms with Crippen molar-refractivity contribution >= 4 is 28.4 Å².